The molecule has 0 aliphatic carbocycles. The van der Waals surface area contributed by atoms with Crippen molar-refractivity contribution in [1.82, 2.24) is 4.31 Å². The van der Waals surface area contributed by atoms with E-state index < -0.39 is 28.5 Å². The average molecular weight is 495 g/mol. The van der Waals surface area contributed by atoms with Gasteiger partial charge in [0.1, 0.15) is 10.6 Å². The SMILES string of the molecule is COc1ccc(NC(=O)COC(=O)/C=C/c2ccc(Cl)cc2)cc1S(=O)(=O)N1CCOCC1. The fraction of sp³-hybridized carbons (Fsp3) is 0.273. The van der Waals surface area contributed by atoms with Crippen LogP contribution in [0, 0.1) is 0 Å². The van der Waals surface area contributed by atoms with Crippen molar-refractivity contribution in [1.29, 1.82) is 0 Å². The molecule has 1 aliphatic heterocycles. The van der Waals surface area contributed by atoms with E-state index in [1.807, 2.05) is 0 Å². The molecule has 0 spiro atoms. The number of nitrogens with one attached hydrogen (secondary N) is 1. The van der Waals surface area contributed by atoms with Crippen LogP contribution in [0.1, 0.15) is 5.56 Å². The first-order valence-electron chi connectivity index (χ1n) is 9.96. The molecule has 1 aliphatic rings. The molecule has 1 amide bonds. The van der Waals surface area contributed by atoms with Crippen molar-refractivity contribution in [2.75, 3.05) is 45.3 Å². The number of carbonyl (C=O) groups is 2. The van der Waals surface area contributed by atoms with Gasteiger partial charge < -0.3 is 19.5 Å². The Hall–Kier alpha value is -2.92. The highest BCUT2D eigenvalue weighted by atomic mass is 35.5. The molecule has 33 heavy (non-hydrogen) atoms. The molecule has 0 bridgehead atoms. The molecule has 0 radical (unpaired) electrons. The highest BCUT2D eigenvalue weighted by molar-refractivity contribution is 7.89. The molecule has 11 heteroatoms. The summed E-state index contributed by atoms with van der Waals surface area (Å²) in [4.78, 5) is 24.0. The van der Waals surface area contributed by atoms with Gasteiger partial charge in [-0.1, -0.05) is 23.7 Å². The van der Waals surface area contributed by atoms with E-state index in [1.165, 1.54) is 41.8 Å². The summed E-state index contributed by atoms with van der Waals surface area (Å²) in [5.41, 5.74) is 0.966. The maximum atomic E-state index is 13.0. The third kappa shape index (κ3) is 6.78. The van der Waals surface area contributed by atoms with Gasteiger partial charge in [-0.2, -0.15) is 4.31 Å². The number of halogens is 1. The number of anilines is 1. The minimum Gasteiger partial charge on any atom is -0.495 e. The Kier molecular flexibility index (Phi) is 8.45. The summed E-state index contributed by atoms with van der Waals surface area (Å²) < 4.78 is 42.7. The minimum absolute atomic E-state index is 0.0763. The molecule has 0 aromatic heterocycles. The van der Waals surface area contributed by atoms with E-state index in [2.05, 4.69) is 5.32 Å². The Morgan fingerprint density at radius 3 is 2.52 bits per heavy atom. The molecule has 3 rings (SSSR count). The van der Waals surface area contributed by atoms with Gasteiger partial charge in [-0.15, -0.1) is 0 Å². The zero-order valence-corrected chi connectivity index (χ0v) is 19.4. The Morgan fingerprint density at radius 2 is 1.85 bits per heavy atom. The second kappa shape index (κ2) is 11.3. The number of esters is 1. The molecular weight excluding hydrogens is 472 g/mol. The normalized spacial score (nSPS) is 14.7. The monoisotopic (exact) mass is 494 g/mol. The van der Waals surface area contributed by atoms with Gasteiger partial charge in [-0.3, -0.25) is 4.79 Å². The van der Waals surface area contributed by atoms with Crippen molar-refractivity contribution in [2.24, 2.45) is 0 Å². The number of methoxy groups -OCH3 is 1. The van der Waals surface area contributed by atoms with Crippen LogP contribution >= 0.6 is 11.6 Å². The van der Waals surface area contributed by atoms with Gasteiger partial charge >= 0.3 is 5.97 Å². The summed E-state index contributed by atoms with van der Waals surface area (Å²) >= 11 is 5.81. The Balaban J connectivity index is 1.61. The van der Waals surface area contributed by atoms with E-state index in [9.17, 15) is 18.0 Å². The standard InChI is InChI=1S/C22H23ClN2O7S/c1-30-19-8-7-18(14-20(19)33(28,29)25-10-12-31-13-11-25)24-21(26)15-32-22(27)9-4-16-2-5-17(23)6-3-16/h2-9,14H,10-13,15H2,1H3,(H,24,26)/b9-4+. The number of benzene rings is 2. The Bertz CT molecular complexity index is 1130. The third-order valence-electron chi connectivity index (χ3n) is 4.66. The molecule has 2 aromatic rings. The van der Waals surface area contributed by atoms with Gasteiger partial charge in [-0.25, -0.2) is 13.2 Å². The van der Waals surface area contributed by atoms with Crippen LogP contribution in [-0.2, 0) is 29.1 Å². The largest absolute Gasteiger partial charge is 0.495 e. The lowest BCUT2D eigenvalue weighted by Gasteiger charge is -2.26. The first kappa shape index (κ1) is 24.7. The molecule has 2 aromatic carbocycles. The molecule has 1 saturated heterocycles. The summed E-state index contributed by atoms with van der Waals surface area (Å²) in [5, 5.41) is 3.10. The molecule has 1 N–H and O–H groups in total. The first-order valence-corrected chi connectivity index (χ1v) is 11.8. The second-order valence-electron chi connectivity index (χ2n) is 6.92. The lowest BCUT2D eigenvalue weighted by Crippen LogP contribution is -2.40. The van der Waals surface area contributed by atoms with Crippen LogP contribution in [0.5, 0.6) is 5.75 Å². The van der Waals surface area contributed by atoms with Crippen molar-refractivity contribution in [3.63, 3.8) is 0 Å². The molecule has 0 atom stereocenters. The fourth-order valence-electron chi connectivity index (χ4n) is 3.00. The molecule has 9 nitrogen and oxygen atoms in total. The van der Waals surface area contributed by atoms with E-state index >= 15 is 0 Å². The zero-order valence-electron chi connectivity index (χ0n) is 17.8. The number of amides is 1. The highest BCUT2D eigenvalue weighted by Gasteiger charge is 2.29. The number of morpholine rings is 1. The van der Waals surface area contributed by atoms with Crippen LogP contribution in [0.4, 0.5) is 5.69 Å². The number of hydrogen-bond acceptors (Lipinski definition) is 7. The van der Waals surface area contributed by atoms with E-state index in [1.54, 1.807) is 24.3 Å². The molecule has 1 fully saturated rings. The summed E-state index contributed by atoms with van der Waals surface area (Å²) in [5.74, 6) is -1.17. The lowest BCUT2D eigenvalue weighted by atomic mass is 10.2. The van der Waals surface area contributed by atoms with Gasteiger partial charge in [-0.05, 0) is 42.0 Å². The van der Waals surface area contributed by atoms with Crippen molar-refractivity contribution < 1.29 is 32.2 Å². The number of hydrogen-bond donors (Lipinski definition) is 1. The van der Waals surface area contributed by atoms with E-state index in [4.69, 9.17) is 25.8 Å². The fourth-order valence-corrected chi connectivity index (χ4v) is 4.72. The number of carbonyl (C=O) groups excluding carboxylic acids is 2. The topological polar surface area (TPSA) is 111 Å². The van der Waals surface area contributed by atoms with Crippen LogP contribution in [0.2, 0.25) is 5.02 Å². The lowest BCUT2D eigenvalue weighted by molar-refractivity contribution is -0.142. The Labute approximate surface area is 196 Å². The number of nitrogens with zero attached hydrogens (tertiary/aromatic N) is 1. The molecule has 1 heterocycles. The summed E-state index contributed by atoms with van der Waals surface area (Å²) in [7, 11) is -2.49. The number of ether oxygens (including phenoxy) is 3. The predicted octanol–water partition coefficient (Wildman–Crippen LogP) is 2.56. The third-order valence-corrected chi connectivity index (χ3v) is 6.83. The van der Waals surface area contributed by atoms with Gasteiger partial charge in [0.2, 0.25) is 10.0 Å². The van der Waals surface area contributed by atoms with Gasteiger partial charge in [0.15, 0.2) is 6.61 Å². The molecule has 0 saturated carbocycles. The summed E-state index contributed by atoms with van der Waals surface area (Å²) in [6, 6.07) is 11.1. The summed E-state index contributed by atoms with van der Waals surface area (Å²) in [6.07, 6.45) is 2.72. The van der Waals surface area contributed by atoms with Crippen molar-refractivity contribution in [3.8, 4) is 5.75 Å². The van der Waals surface area contributed by atoms with Crippen molar-refractivity contribution in [2.45, 2.75) is 4.90 Å². The second-order valence-corrected chi connectivity index (χ2v) is 9.27. The van der Waals surface area contributed by atoms with E-state index in [-0.39, 0.29) is 29.4 Å². The molecule has 176 valence electrons. The quantitative estimate of drug-likeness (QED) is 0.443. The van der Waals surface area contributed by atoms with Crippen LogP contribution in [0.3, 0.4) is 0 Å². The van der Waals surface area contributed by atoms with Crippen LogP contribution in [-0.4, -0.2) is 64.6 Å². The van der Waals surface area contributed by atoms with Crippen molar-refractivity contribution >= 4 is 45.3 Å². The van der Waals surface area contributed by atoms with E-state index in [0.717, 1.165) is 5.56 Å². The zero-order chi connectivity index (χ0) is 23.8. The molecule has 0 unspecified atom stereocenters. The van der Waals surface area contributed by atoms with Gasteiger partial charge in [0, 0.05) is 29.9 Å². The first-order chi connectivity index (χ1) is 15.8. The maximum absolute atomic E-state index is 13.0. The van der Waals surface area contributed by atoms with Gasteiger partial charge in [0.05, 0.1) is 20.3 Å². The maximum Gasteiger partial charge on any atom is 0.331 e. The molecular formula is C22H23ClN2O7S. The van der Waals surface area contributed by atoms with Crippen LogP contribution < -0.4 is 10.1 Å². The smallest absolute Gasteiger partial charge is 0.331 e. The van der Waals surface area contributed by atoms with Crippen LogP contribution in [0.15, 0.2) is 53.4 Å². The van der Waals surface area contributed by atoms with Crippen LogP contribution in [0.25, 0.3) is 6.08 Å². The van der Waals surface area contributed by atoms with Crippen molar-refractivity contribution in [3.05, 3.63) is 59.1 Å². The van der Waals surface area contributed by atoms with E-state index in [0.29, 0.717) is 18.2 Å². The summed E-state index contributed by atoms with van der Waals surface area (Å²) in [6.45, 7) is 0.510. The highest BCUT2D eigenvalue weighted by Crippen LogP contribution is 2.30. The van der Waals surface area contributed by atoms with Gasteiger partial charge in [0.25, 0.3) is 5.91 Å². The minimum atomic E-state index is -3.85. The Morgan fingerprint density at radius 1 is 1.15 bits per heavy atom. The number of sulfonamides is 1. The predicted molar refractivity (Wildman–Crippen MR) is 123 cm³/mol. The number of rotatable bonds is 8. The average Bonchev–Trinajstić information content (AvgIpc) is 2.83.